The van der Waals surface area contributed by atoms with Crippen molar-refractivity contribution in [2.45, 2.75) is 26.3 Å². The average Bonchev–Trinajstić information content (AvgIpc) is 3.00. The molecule has 2 heterocycles. The van der Waals surface area contributed by atoms with Gasteiger partial charge < -0.3 is 10.6 Å². The van der Waals surface area contributed by atoms with E-state index in [1.165, 1.54) is 12.1 Å². The van der Waals surface area contributed by atoms with Crippen molar-refractivity contribution in [2.75, 3.05) is 10.6 Å². The van der Waals surface area contributed by atoms with E-state index in [2.05, 4.69) is 15.7 Å². The Morgan fingerprint density at radius 2 is 1.82 bits per heavy atom. The molecule has 2 aromatic carbocycles. The number of nitrogens with one attached hydrogen (secondary N) is 2. The monoisotopic (exact) mass is 378 g/mol. The molecule has 1 unspecified atom stereocenters. The number of benzene rings is 2. The molecule has 0 aliphatic carbocycles. The lowest BCUT2D eigenvalue weighted by molar-refractivity contribution is -0.125. The normalized spacial score (nSPS) is 15.7. The van der Waals surface area contributed by atoms with Gasteiger partial charge in [-0.2, -0.15) is 5.10 Å². The molecule has 1 aliphatic rings. The molecule has 3 aromatic rings. The fourth-order valence-electron chi connectivity index (χ4n) is 3.29. The Balaban J connectivity index is 1.69. The molecule has 0 saturated carbocycles. The fraction of sp³-hybridized carbons (Fsp3) is 0.190. The Morgan fingerprint density at radius 1 is 1.14 bits per heavy atom. The molecule has 0 radical (unpaired) electrons. The van der Waals surface area contributed by atoms with E-state index in [1.807, 2.05) is 38.1 Å². The number of fused-ring (bicyclic) bond motifs is 1. The van der Waals surface area contributed by atoms with Gasteiger partial charge >= 0.3 is 0 Å². The molecule has 2 N–H and O–H groups in total. The van der Waals surface area contributed by atoms with Crippen molar-refractivity contribution in [3.05, 3.63) is 65.5 Å². The van der Waals surface area contributed by atoms with Gasteiger partial charge in [-0.1, -0.05) is 17.7 Å². The topological polar surface area (TPSA) is 76.0 Å². The van der Waals surface area contributed by atoms with E-state index in [4.69, 9.17) is 0 Å². The first kappa shape index (κ1) is 17.9. The van der Waals surface area contributed by atoms with Crippen LogP contribution in [0.2, 0.25) is 0 Å². The molecule has 6 nitrogen and oxygen atoms in total. The Labute approximate surface area is 161 Å². The molecule has 2 amide bonds. The van der Waals surface area contributed by atoms with Gasteiger partial charge in [0.05, 0.1) is 12.1 Å². The maximum Gasteiger partial charge on any atom is 0.249 e. The summed E-state index contributed by atoms with van der Waals surface area (Å²) in [6.45, 7) is 3.78. The zero-order valence-corrected chi connectivity index (χ0v) is 15.5. The number of amides is 2. The Bertz CT molecular complexity index is 1060. The van der Waals surface area contributed by atoms with Gasteiger partial charge in [0.25, 0.3) is 0 Å². The van der Waals surface area contributed by atoms with Crippen molar-refractivity contribution in [3.8, 4) is 11.3 Å². The second kappa shape index (κ2) is 6.92. The summed E-state index contributed by atoms with van der Waals surface area (Å²) in [6.07, 6.45) is -0.00529. The number of anilines is 2. The molecule has 1 aromatic heterocycles. The second-order valence-corrected chi connectivity index (χ2v) is 6.90. The number of aryl methyl sites for hydroxylation is 1. The summed E-state index contributed by atoms with van der Waals surface area (Å²) >= 11 is 0. The average molecular weight is 378 g/mol. The van der Waals surface area contributed by atoms with Crippen LogP contribution in [0.4, 0.5) is 15.9 Å². The molecule has 1 aliphatic heterocycles. The van der Waals surface area contributed by atoms with Crippen LogP contribution >= 0.6 is 0 Å². The molecule has 7 heteroatoms. The largest absolute Gasteiger partial charge is 0.324 e. The number of carbonyl (C=O) groups excluding carboxylic acids is 2. The summed E-state index contributed by atoms with van der Waals surface area (Å²) in [6, 6.07) is 12.6. The Morgan fingerprint density at radius 3 is 2.50 bits per heavy atom. The number of aromatic nitrogens is 2. The lowest BCUT2D eigenvalue weighted by Gasteiger charge is -2.24. The highest BCUT2D eigenvalue weighted by molar-refractivity contribution is 6.02. The van der Waals surface area contributed by atoms with Crippen LogP contribution in [0.5, 0.6) is 0 Å². The first-order valence-corrected chi connectivity index (χ1v) is 8.95. The molecule has 0 fully saturated rings. The van der Waals surface area contributed by atoms with Crippen molar-refractivity contribution in [2.24, 2.45) is 0 Å². The quantitative estimate of drug-likeness (QED) is 0.727. The van der Waals surface area contributed by atoms with Crippen molar-refractivity contribution in [3.63, 3.8) is 0 Å². The van der Waals surface area contributed by atoms with Crippen molar-refractivity contribution < 1.29 is 14.0 Å². The summed E-state index contributed by atoms with van der Waals surface area (Å²) in [4.78, 5) is 25.1. The molecular formula is C21H19FN4O2. The van der Waals surface area contributed by atoms with Gasteiger partial charge in [-0.3, -0.25) is 9.59 Å². The van der Waals surface area contributed by atoms with Crippen LogP contribution in [0, 0.1) is 19.7 Å². The molecular weight excluding hydrogens is 359 g/mol. The zero-order valence-electron chi connectivity index (χ0n) is 15.5. The smallest absolute Gasteiger partial charge is 0.249 e. The highest BCUT2D eigenvalue weighted by atomic mass is 19.1. The van der Waals surface area contributed by atoms with Crippen molar-refractivity contribution >= 4 is 23.3 Å². The molecule has 142 valence electrons. The van der Waals surface area contributed by atoms with Gasteiger partial charge in [0.15, 0.2) is 0 Å². The first-order chi connectivity index (χ1) is 13.4. The van der Waals surface area contributed by atoms with E-state index < -0.39 is 6.04 Å². The van der Waals surface area contributed by atoms with Gasteiger partial charge in [-0.05, 0) is 50.2 Å². The van der Waals surface area contributed by atoms with Gasteiger partial charge in [-0.15, -0.1) is 0 Å². The molecule has 0 bridgehead atoms. The SMILES string of the molecule is Cc1ccc(NC(=O)C2CC(=O)Nc3c(C)c(-c4ccc(F)cc4)nn32)cc1. The molecule has 28 heavy (non-hydrogen) atoms. The van der Waals surface area contributed by atoms with E-state index in [9.17, 15) is 14.0 Å². The van der Waals surface area contributed by atoms with Crippen LogP contribution in [0.3, 0.4) is 0 Å². The summed E-state index contributed by atoms with van der Waals surface area (Å²) in [7, 11) is 0. The Hall–Kier alpha value is -3.48. The number of hydrogen-bond acceptors (Lipinski definition) is 3. The summed E-state index contributed by atoms with van der Waals surface area (Å²) in [5, 5.41) is 10.2. The van der Waals surface area contributed by atoms with E-state index in [0.717, 1.165) is 11.1 Å². The van der Waals surface area contributed by atoms with E-state index in [-0.39, 0.29) is 24.1 Å². The van der Waals surface area contributed by atoms with Crippen LogP contribution in [-0.4, -0.2) is 21.6 Å². The van der Waals surface area contributed by atoms with Crippen molar-refractivity contribution in [1.82, 2.24) is 9.78 Å². The number of halogens is 1. The molecule has 1 atom stereocenters. The lowest BCUT2D eigenvalue weighted by Crippen LogP contribution is -2.35. The number of hydrogen-bond donors (Lipinski definition) is 2. The highest BCUT2D eigenvalue weighted by Crippen LogP contribution is 2.34. The van der Waals surface area contributed by atoms with Crippen LogP contribution in [-0.2, 0) is 9.59 Å². The lowest BCUT2D eigenvalue weighted by atomic mass is 10.1. The summed E-state index contributed by atoms with van der Waals surface area (Å²) in [5.74, 6) is -0.410. The van der Waals surface area contributed by atoms with E-state index in [0.29, 0.717) is 22.8 Å². The van der Waals surface area contributed by atoms with Crippen LogP contribution in [0.15, 0.2) is 48.5 Å². The maximum atomic E-state index is 13.2. The minimum Gasteiger partial charge on any atom is -0.324 e. The van der Waals surface area contributed by atoms with Crippen LogP contribution < -0.4 is 10.6 Å². The number of nitrogens with zero attached hydrogens (tertiary/aromatic N) is 2. The number of rotatable bonds is 3. The minimum atomic E-state index is -0.766. The zero-order chi connectivity index (χ0) is 19.8. The van der Waals surface area contributed by atoms with Crippen molar-refractivity contribution in [1.29, 1.82) is 0 Å². The molecule has 0 saturated heterocycles. The van der Waals surface area contributed by atoms with Crippen LogP contribution in [0.1, 0.15) is 23.6 Å². The number of carbonyl (C=O) groups is 2. The summed E-state index contributed by atoms with van der Waals surface area (Å²) < 4.78 is 14.8. The summed E-state index contributed by atoms with van der Waals surface area (Å²) in [5.41, 5.74) is 3.79. The first-order valence-electron chi connectivity index (χ1n) is 8.95. The van der Waals surface area contributed by atoms with E-state index in [1.54, 1.807) is 16.8 Å². The predicted octanol–water partition coefficient (Wildman–Crippen LogP) is 3.83. The predicted molar refractivity (Wildman–Crippen MR) is 104 cm³/mol. The third-order valence-corrected chi connectivity index (χ3v) is 4.82. The standard InChI is InChI=1S/C21H19FN4O2/c1-12-3-9-16(10-4-12)23-21(28)17-11-18(27)24-20-13(2)19(25-26(17)20)14-5-7-15(22)8-6-14/h3-10,17H,11H2,1-2H3,(H,23,28)(H,24,27). The minimum absolute atomic E-state index is 0.00529. The second-order valence-electron chi connectivity index (χ2n) is 6.90. The third-order valence-electron chi connectivity index (χ3n) is 4.82. The maximum absolute atomic E-state index is 13.2. The van der Waals surface area contributed by atoms with E-state index >= 15 is 0 Å². The van der Waals surface area contributed by atoms with Gasteiger partial charge in [0, 0.05) is 16.8 Å². The van der Waals surface area contributed by atoms with Gasteiger partial charge in [0.2, 0.25) is 11.8 Å². The molecule has 4 rings (SSSR count). The van der Waals surface area contributed by atoms with Crippen LogP contribution in [0.25, 0.3) is 11.3 Å². The molecule has 0 spiro atoms. The third kappa shape index (κ3) is 3.26. The highest BCUT2D eigenvalue weighted by Gasteiger charge is 2.34. The van der Waals surface area contributed by atoms with Gasteiger partial charge in [0.1, 0.15) is 17.7 Å². The Kier molecular flexibility index (Phi) is 4.43. The fourth-order valence-corrected chi connectivity index (χ4v) is 3.29. The van der Waals surface area contributed by atoms with Gasteiger partial charge in [-0.25, -0.2) is 9.07 Å².